The molecule has 0 aliphatic heterocycles. The molecular formula is C37H26N2S. The highest BCUT2D eigenvalue weighted by Crippen LogP contribution is 2.38. The van der Waals surface area contributed by atoms with Crippen molar-refractivity contribution in [3.63, 3.8) is 0 Å². The monoisotopic (exact) mass is 530 g/mol. The molecule has 0 bridgehead atoms. The molecule has 0 aliphatic rings. The normalized spacial score (nSPS) is 11.8. The molecule has 0 atom stereocenters. The number of nitrogens with zero attached hydrogens (tertiary/aromatic N) is 2. The van der Waals surface area contributed by atoms with Crippen molar-refractivity contribution in [3.05, 3.63) is 139 Å². The molecule has 0 saturated carbocycles. The van der Waals surface area contributed by atoms with E-state index in [2.05, 4.69) is 150 Å². The zero-order valence-electron chi connectivity index (χ0n) is 22.0. The van der Waals surface area contributed by atoms with Gasteiger partial charge < -0.3 is 9.13 Å². The number of benzene rings is 6. The van der Waals surface area contributed by atoms with Gasteiger partial charge in [0.15, 0.2) is 0 Å². The fourth-order valence-corrected chi connectivity index (χ4v) is 6.59. The highest BCUT2D eigenvalue weighted by atomic mass is 32.1. The maximum atomic E-state index is 4.84. The van der Waals surface area contributed by atoms with Crippen LogP contribution in [0.4, 0.5) is 0 Å². The fraction of sp³-hybridized carbons (Fsp3) is 0.0270. The molecule has 0 amide bonds. The zero-order chi connectivity index (χ0) is 26.8. The lowest BCUT2D eigenvalue weighted by Crippen LogP contribution is -1.97. The average molecular weight is 531 g/mol. The van der Waals surface area contributed by atoms with Gasteiger partial charge in [-0.05, 0) is 78.2 Å². The first-order valence-electron chi connectivity index (χ1n) is 13.6. The molecule has 40 heavy (non-hydrogen) atoms. The highest BCUT2D eigenvalue weighted by molar-refractivity contribution is 7.80. The topological polar surface area (TPSA) is 9.86 Å². The highest BCUT2D eigenvalue weighted by Gasteiger charge is 2.17. The molecule has 6 aromatic carbocycles. The standard InChI is InChI=1S/C37H26N2S/c1-24-10-2-3-11-27(24)32-23-26(19-21-37(32)40)39-35-17-9-6-14-30(35)31-22-25(18-20-36(31)39)38-33-15-7-4-12-28(33)29-13-5-8-16-34(29)38/h2-23,40H,1H3. The molecule has 2 heterocycles. The van der Waals surface area contributed by atoms with Gasteiger partial charge in [-0.15, -0.1) is 12.6 Å². The molecule has 0 spiro atoms. The second-order valence-electron chi connectivity index (χ2n) is 10.4. The smallest absolute Gasteiger partial charge is 0.0542 e. The first-order chi connectivity index (χ1) is 19.7. The third-order valence-corrected chi connectivity index (χ3v) is 8.56. The van der Waals surface area contributed by atoms with Crippen molar-refractivity contribution >= 4 is 56.2 Å². The lowest BCUT2D eigenvalue weighted by Gasteiger charge is -2.14. The minimum atomic E-state index is 0.979. The zero-order valence-corrected chi connectivity index (χ0v) is 22.9. The summed E-state index contributed by atoms with van der Waals surface area (Å²) in [4.78, 5) is 0.979. The van der Waals surface area contributed by atoms with Crippen LogP contribution in [-0.4, -0.2) is 9.13 Å². The van der Waals surface area contributed by atoms with Crippen LogP contribution in [0, 0.1) is 6.92 Å². The predicted octanol–water partition coefficient (Wildman–Crippen LogP) is 10.1. The molecule has 0 unspecified atom stereocenters. The summed E-state index contributed by atoms with van der Waals surface area (Å²) in [6.45, 7) is 2.16. The van der Waals surface area contributed by atoms with Gasteiger partial charge in [0.25, 0.3) is 0 Å². The Morgan fingerprint density at radius 2 is 0.900 bits per heavy atom. The van der Waals surface area contributed by atoms with E-state index in [9.17, 15) is 0 Å². The summed E-state index contributed by atoms with van der Waals surface area (Å²) >= 11 is 4.84. The van der Waals surface area contributed by atoms with Gasteiger partial charge in [0.1, 0.15) is 0 Å². The van der Waals surface area contributed by atoms with Crippen LogP contribution in [0.5, 0.6) is 0 Å². The van der Waals surface area contributed by atoms with Gasteiger partial charge in [-0.25, -0.2) is 0 Å². The minimum Gasteiger partial charge on any atom is -0.309 e. The molecule has 190 valence electrons. The molecule has 2 aromatic heterocycles. The number of fused-ring (bicyclic) bond motifs is 6. The van der Waals surface area contributed by atoms with Crippen LogP contribution in [0.25, 0.3) is 66.1 Å². The molecular weight excluding hydrogens is 504 g/mol. The Balaban J connectivity index is 1.40. The van der Waals surface area contributed by atoms with Crippen LogP contribution in [0.3, 0.4) is 0 Å². The van der Waals surface area contributed by atoms with E-state index >= 15 is 0 Å². The van der Waals surface area contributed by atoms with E-state index in [1.807, 2.05) is 0 Å². The number of hydrogen-bond donors (Lipinski definition) is 1. The van der Waals surface area contributed by atoms with Crippen molar-refractivity contribution in [2.75, 3.05) is 0 Å². The second kappa shape index (κ2) is 8.90. The van der Waals surface area contributed by atoms with Crippen LogP contribution in [0.1, 0.15) is 5.56 Å². The van der Waals surface area contributed by atoms with Gasteiger partial charge in [-0.3, -0.25) is 0 Å². The largest absolute Gasteiger partial charge is 0.309 e. The third-order valence-electron chi connectivity index (χ3n) is 8.17. The van der Waals surface area contributed by atoms with E-state index in [4.69, 9.17) is 12.6 Å². The van der Waals surface area contributed by atoms with Gasteiger partial charge in [0, 0.05) is 37.8 Å². The Morgan fingerprint density at radius 1 is 0.425 bits per heavy atom. The van der Waals surface area contributed by atoms with Crippen molar-refractivity contribution < 1.29 is 0 Å². The first-order valence-corrected chi connectivity index (χ1v) is 14.0. The van der Waals surface area contributed by atoms with Crippen molar-refractivity contribution in [3.8, 4) is 22.5 Å². The van der Waals surface area contributed by atoms with Crippen molar-refractivity contribution in [1.29, 1.82) is 0 Å². The molecule has 3 heteroatoms. The van der Waals surface area contributed by atoms with Crippen molar-refractivity contribution in [2.45, 2.75) is 11.8 Å². The van der Waals surface area contributed by atoms with E-state index in [1.165, 1.54) is 60.4 Å². The molecule has 8 rings (SSSR count). The third kappa shape index (κ3) is 3.38. The first kappa shape index (κ1) is 23.2. The maximum absolute atomic E-state index is 4.84. The second-order valence-corrected chi connectivity index (χ2v) is 10.9. The Hall–Kier alpha value is -4.73. The van der Waals surface area contributed by atoms with Crippen LogP contribution in [0.15, 0.2) is 138 Å². The Morgan fingerprint density at radius 3 is 1.52 bits per heavy atom. The van der Waals surface area contributed by atoms with Gasteiger partial charge >= 0.3 is 0 Å². The average Bonchev–Trinajstić information content (AvgIpc) is 3.51. The van der Waals surface area contributed by atoms with Crippen LogP contribution >= 0.6 is 12.6 Å². The van der Waals surface area contributed by atoms with Crippen molar-refractivity contribution in [1.82, 2.24) is 9.13 Å². The summed E-state index contributed by atoms with van der Waals surface area (Å²) in [5.41, 5.74) is 10.7. The van der Waals surface area contributed by atoms with E-state index in [0.717, 1.165) is 16.1 Å². The van der Waals surface area contributed by atoms with Crippen LogP contribution < -0.4 is 0 Å². The van der Waals surface area contributed by atoms with Gasteiger partial charge in [-0.2, -0.15) is 0 Å². The molecule has 0 radical (unpaired) electrons. The molecule has 0 saturated heterocycles. The molecule has 8 aromatic rings. The summed E-state index contributed by atoms with van der Waals surface area (Å²) in [5, 5.41) is 5.03. The Kier molecular flexibility index (Phi) is 5.16. The van der Waals surface area contributed by atoms with E-state index in [0.29, 0.717) is 0 Å². The number of thiol groups is 1. The van der Waals surface area contributed by atoms with E-state index in [1.54, 1.807) is 0 Å². The lowest BCUT2D eigenvalue weighted by atomic mass is 10.00. The van der Waals surface area contributed by atoms with Gasteiger partial charge in [0.05, 0.1) is 22.1 Å². The molecule has 2 nitrogen and oxygen atoms in total. The lowest BCUT2D eigenvalue weighted by molar-refractivity contribution is 1.16. The number of rotatable bonds is 3. The van der Waals surface area contributed by atoms with Gasteiger partial charge in [-0.1, -0.05) is 78.9 Å². The molecule has 0 fully saturated rings. The molecule has 0 N–H and O–H groups in total. The van der Waals surface area contributed by atoms with E-state index in [-0.39, 0.29) is 0 Å². The maximum Gasteiger partial charge on any atom is 0.0542 e. The van der Waals surface area contributed by atoms with Crippen molar-refractivity contribution in [2.24, 2.45) is 0 Å². The number of aromatic nitrogens is 2. The number of aryl methyl sites for hydroxylation is 1. The summed E-state index contributed by atoms with van der Waals surface area (Å²) in [6.07, 6.45) is 0. The number of hydrogen-bond acceptors (Lipinski definition) is 1. The van der Waals surface area contributed by atoms with E-state index < -0.39 is 0 Å². The Bertz CT molecular complexity index is 2200. The quantitative estimate of drug-likeness (QED) is 0.218. The minimum absolute atomic E-state index is 0.979. The fourth-order valence-electron chi connectivity index (χ4n) is 6.33. The predicted molar refractivity (Wildman–Crippen MR) is 173 cm³/mol. The summed E-state index contributed by atoms with van der Waals surface area (Å²) in [5.74, 6) is 0. The van der Waals surface area contributed by atoms with Gasteiger partial charge in [0.2, 0.25) is 0 Å². The summed E-state index contributed by atoms with van der Waals surface area (Å²) in [6, 6.07) is 48.0. The number of para-hydroxylation sites is 3. The Labute approximate surface area is 238 Å². The summed E-state index contributed by atoms with van der Waals surface area (Å²) < 4.78 is 4.78. The van der Waals surface area contributed by atoms with Crippen LogP contribution in [0.2, 0.25) is 0 Å². The summed E-state index contributed by atoms with van der Waals surface area (Å²) in [7, 11) is 0. The SMILES string of the molecule is Cc1ccccc1-c1cc(-n2c3ccccc3c3cc(-n4c5ccccc5c5ccccc54)ccc32)ccc1S. The van der Waals surface area contributed by atoms with Crippen LogP contribution in [-0.2, 0) is 0 Å². The molecule has 0 aliphatic carbocycles.